The van der Waals surface area contributed by atoms with Crippen molar-refractivity contribution in [3.05, 3.63) is 88.7 Å². The highest BCUT2D eigenvalue weighted by Gasteiger charge is 2.19. The number of hydrogen-bond acceptors (Lipinski definition) is 4. The smallest absolute Gasteiger partial charge is 0.267 e. The molecule has 4 rings (SSSR count). The molecular formula is C19H14N4O. The second kappa shape index (κ2) is 6.12. The van der Waals surface area contributed by atoms with Gasteiger partial charge in [0, 0.05) is 41.5 Å². The maximum Gasteiger partial charge on any atom is 0.274 e. The third-order valence-electron chi connectivity index (χ3n) is 4.06. The summed E-state index contributed by atoms with van der Waals surface area (Å²) in [6, 6.07) is 11.7. The Bertz CT molecular complexity index is 1010. The van der Waals surface area contributed by atoms with Gasteiger partial charge < -0.3 is 0 Å². The highest BCUT2D eigenvalue weighted by Crippen LogP contribution is 2.11. The molecule has 0 saturated heterocycles. The molecule has 1 aliphatic rings. The van der Waals surface area contributed by atoms with Gasteiger partial charge in [0.2, 0.25) is 0 Å². The molecule has 0 saturated carbocycles. The molecule has 0 bridgehead atoms. The minimum absolute atomic E-state index is 0.175. The monoisotopic (exact) mass is 314 g/mol. The average Bonchev–Trinajstić information content (AvgIpc) is 2.93. The lowest BCUT2D eigenvalue weighted by atomic mass is 9.99. The van der Waals surface area contributed by atoms with E-state index in [2.05, 4.69) is 19.9 Å². The van der Waals surface area contributed by atoms with Crippen molar-refractivity contribution in [1.29, 1.82) is 0 Å². The molecule has 0 N–H and O–H groups in total. The van der Waals surface area contributed by atoms with Gasteiger partial charge in [0.25, 0.3) is 5.91 Å². The van der Waals surface area contributed by atoms with Gasteiger partial charge in [-0.25, -0.2) is 15.0 Å². The van der Waals surface area contributed by atoms with Crippen molar-refractivity contribution in [3.8, 4) is 0 Å². The molecule has 0 unspecified atom stereocenters. The van der Waals surface area contributed by atoms with E-state index in [9.17, 15) is 4.79 Å². The molecule has 0 aliphatic carbocycles. The molecule has 3 heterocycles. The van der Waals surface area contributed by atoms with Gasteiger partial charge in [-0.2, -0.15) is 0 Å². The van der Waals surface area contributed by atoms with Crippen molar-refractivity contribution in [3.63, 3.8) is 0 Å². The fraction of sp³-hybridized carbons (Fsp3) is 0.105. The van der Waals surface area contributed by atoms with E-state index in [1.807, 2.05) is 36.4 Å². The van der Waals surface area contributed by atoms with Gasteiger partial charge in [0.05, 0.1) is 5.36 Å². The number of hydrogen-bond donors (Lipinski definition) is 0. The minimum Gasteiger partial charge on any atom is -0.267 e. The van der Waals surface area contributed by atoms with Crippen LogP contribution in [-0.4, -0.2) is 20.9 Å². The number of rotatable bonds is 4. The quantitative estimate of drug-likeness (QED) is 0.721. The van der Waals surface area contributed by atoms with Gasteiger partial charge in [0.15, 0.2) is 0 Å². The number of fused-ring (bicyclic) bond motifs is 1. The van der Waals surface area contributed by atoms with Crippen molar-refractivity contribution in [1.82, 2.24) is 15.0 Å². The summed E-state index contributed by atoms with van der Waals surface area (Å²) in [6.45, 7) is 0. The fourth-order valence-electron chi connectivity index (χ4n) is 2.95. The average molecular weight is 314 g/mol. The molecule has 0 fully saturated rings. The SMILES string of the molecule is O=C1N=c2cccc(Cc3ccncc3)c2=C1Cc1ccncn1. The van der Waals surface area contributed by atoms with E-state index < -0.39 is 0 Å². The maximum atomic E-state index is 12.4. The molecule has 0 radical (unpaired) electrons. The van der Waals surface area contributed by atoms with Crippen molar-refractivity contribution >= 4 is 11.5 Å². The summed E-state index contributed by atoms with van der Waals surface area (Å²) in [6.07, 6.45) is 7.94. The Labute approximate surface area is 138 Å². The van der Waals surface area contributed by atoms with Crippen LogP contribution in [0.15, 0.2) is 66.3 Å². The molecule has 5 heteroatoms. The standard InChI is InChI=1S/C19H14N4O/c24-19-16(11-15-6-9-21-12-22-15)18-14(2-1-3-17(18)23-19)10-13-4-7-20-8-5-13/h1-9,12H,10-11H2. The van der Waals surface area contributed by atoms with Gasteiger partial charge in [-0.05, 0) is 41.8 Å². The summed E-state index contributed by atoms with van der Waals surface area (Å²) in [5.74, 6) is -0.175. The summed E-state index contributed by atoms with van der Waals surface area (Å²) >= 11 is 0. The van der Waals surface area contributed by atoms with Crippen LogP contribution in [0.5, 0.6) is 0 Å². The Hall–Kier alpha value is -3.21. The van der Waals surface area contributed by atoms with Gasteiger partial charge in [-0.15, -0.1) is 0 Å². The first kappa shape index (κ1) is 14.4. The third kappa shape index (κ3) is 2.72. The molecule has 5 nitrogen and oxygen atoms in total. The molecule has 0 spiro atoms. The lowest BCUT2D eigenvalue weighted by molar-refractivity contribution is -0.112. The van der Waals surface area contributed by atoms with Gasteiger partial charge in [-0.1, -0.05) is 12.1 Å². The summed E-state index contributed by atoms with van der Waals surface area (Å²) in [7, 11) is 0. The van der Waals surface area contributed by atoms with Crippen molar-refractivity contribution in [2.75, 3.05) is 0 Å². The van der Waals surface area contributed by atoms with E-state index in [4.69, 9.17) is 0 Å². The number of aromatic nitrogens is 3. The lowest BCUT2D eigenvalue weighted by Gasteiger charge is -2.05. The van der Waals surface area contributed by atoms with Crippen LogP contribution in [0.1, 0.15) is 16.8 Å². The van der Waals surface area contributed by atoms with Crippen LogP contribution in [0.2, 0.25) is 0 Å². The van der Waals surface area contributed by atoms with Crippen LogP contribution in [0.4, 0.5) is 0 Å². The van der Waals surface area contributed by atoms with Gasteiger partial charge in [-0.3, -0.25) is 9.78 Å². The van der Waals surface area contributed by atoms with E-state index in [0.717, 1.165) is 33.8 Å². The molecule has 24 heavy (non-hydrogen) atoms. The summed E-state index contributed by atoms with van der Waals surface area (Å²) in [5.41, 5.74) is 3.76. The number of carbonyl (C=O) groups excluding carboxylic acids is 1. The Morgan fingerprint density at radius 1 is 0.875 bits per heavy atom. The summed E-state index contributed by atoms with van der Waals surface area (Å²) < 4.78 is 0. The summed E-state index contributed by atoms with van der Waals surface area (Å²) in [5, 5.41) is 1.69. The van der Waals surface area contributed by atoms with Crippen molar-refractivity contribution in [2.45, 2.75) is 12.8 Å². The van der Waals surface area contributed by atoms with Gasteiger partial charge >= 0.3 is 0 Å². The molecule has 0 atom stereocenters. The fourth-order valence-corrected chi connectivity index (χ4v) is 2.95. The van der Waals surface area contributed by atoms with E-state index in [0.29, 0.717) is 12.0 Å². The van der Waals surface area contributed by atoms with E-state index >= 15 is 0 Å². The first-order chi connectivity index (χ1) is 11.8. The zero-order chi connectivity index (χ0) is 16.4. The number of amides is 1. The van der Waals surface area contributed by atoms with Crippen LogP contribution >= 0.6 is 0 Å². The van der Waals surface area contributed by atoms with E-state index in [-0.39, 0.29) is 5.91 Å². The predicted octanol–water partition coefficient (Wildman–Crippen LogP) is 1.02. The van der Waals surface area contributed by atoms with Crippen molar-refractivity contribution < 1.29 is 4.79 Å². The highest BCUT2D eigenvalue weighted by molar-refractivity contribution is 6.15. The Morgan fingerprint density at radius 2 is 1.71 bits per heavy atom. The second-order valence-electron chi connectivity index (χ2n) is 5.62. The normalized spacial score (nSPS) is 12.8. The maximum absolute atomic E-state index is 12.4. The number of nitrogens with zero attached hydrogens (tertiary/aromatic N) is 4. The number of carbonyl (C=O) groups is 1. The largest absolute Gasteiger partial charge is 0.274 e. The second-order valence-corrected chi connectivity index (χ2v) is 5.62. The Balaban J connectivity index is 1.83. The molecule has 116 valence electrons. The Kier molecular flexibility index (Phi) is 3.67. The van der Waals surface area contributed by atoms with Crippen LogP contribution in [0, 0.1) is 0 Å². The zero-order valence-corrected chi connectivity index (χ0v) is 12.9. The molecule has 1 aliphatic heterocycles. The molecule has 2 aromatic heterocycles. The highest BCUT2D eigenvalue weighted by atomic mass is 16.1. The van der Waals surface area contributed by atoms with E-state index in [1.54, 1.807) is 18.6 Å². The van der Waals surface area contributed by atoms with E-state index in [1.165, 1.54) is 6.33 Å². The van der Waals surface area contributed by atoms with Gasteiger partial charge in [0.1, 0.15) is 6.33 Å². The van der Waals surface area contributed by atoms with Crippen LogP contribution in [0.25, 0.3) is 5.57 Å². The summed E-state index contributed by atoms with van der Waals surface area (Å²) in [4.78, 5) is 28.8. The molecule has 1 aromatic carbocycles. The van der Waals surface area contributed by atoms with Crippen molar-refractivity contribution in [2.24, 2.45) is 4.99 Å². The predicted molar refractivity (Wildman–Crippen MR) is 88.4 cm³/mol. The zero-order valence-electron chi connectivity index (χ0n) is 12.9. The molecule has 1 amide bonds. The van der Waals surface area contributed by atoms with Crippen LogP contribution in [0.3, 0.4) is 0 Å². The first-order valence-corrected chi connectivity index (χ1v) is 7.69. The molecule has 3 aromatic rings. The first-order valence-electron chi connectivity index (χ1n) is 7.69. The molecular weight excluding hydrogens is 300 g/mol. The van der Waals surface area contributed by atoms with Crippen LogP contribution in [-0.2, 0) is 17.6 Å². The minimum atomic E-state index is -0.175. The number of pyridine rings is 1. The lowest BCUT2D eigenvalue weighted by Crippen LogP contribution is -2.28. The topological polar surface area (TPSA) is 68.1 Å². The van der Waals surface area contributed by atoms with Crippen LogP contribution < -0.4 is 10.6 Å². The third-order valence-corrected chi connectivity index (χ3v) is 4.06. The Morgan fingerprint density at radius 3 is 2.50 bits per heavy atom. The number of benzene rings is 1.